The van der Waals surface area contributed by atoms with Crippen LogP contribution >= 0.6 is 0 Å². The highest BCUT2D eigenvalue weighted by Crippen LogP contribution is 2.30. The van der Waals surface area contributed by atoms with Gasteiger partial charge in [0.1, 0.15) is 0 Å². The molecule has 2 aromatic rings. The fourth-order valence-corrected chi connectivity index (χ4v) is 3.19. The van der Waals surface area contributed by atoms with Crippen LogP contribution in [-0.2, 0) is 14.8 Å². The average Bonchev–Trinajstić information content (AvgIpc) is 2.59. The summed E-state index contributed by atoms with van der Waals surface area (Å²) in [5, 5.41) is 8.73. The van der Waals surface area contributed by atoms with Crippen molar-refractivity contribution in [1.29, 1.82) is 0 Å². The first-order chi connectivity index (χ1) is 11.9. The summed E-state index contributed by atoms with van der Waals surface area (Å²) in [6.07, 6.45) is 2.25. The van der Waals surface area contributed by atoms with Crippen LogP contribution in [0.2, 0.25) is 0 Å². The van der Waals surface area contributed by atoms with Crippen LogP contribution < -0.4 is 14.2 Å². The van der Waals surface area contributed by atoms with Crippen LogP contribution in [-0.4, -0.2) is 33.7 Å². The second-order valence-corrected chi connectivity index (χ2v) is 6.56. The summed E-state index contributed by atoms with van der Waals surface area (Å²) in [6.45, 7) is 0. The van der Waals surface area contributed by atoms with Crippen molar-refractivity contribution in [2.75, 3.05) is 18.9 Å². The largest absolute Gasteiger partial charge is 0.493 e. The van der Waals surface area contributed by atoms with Gasteiger partial charge in [0, 0.05) is 12.1 Å². The number of sulfonamides is 1. The molecular formula is C17H17NO6S. The smallest absolute Gasteiger partial charge is 0.328 e. The number of para-hydroxylation sites is 1. The maximum atomic E-state index is 12.6. The highest BCUT2D eigenvalue weighted by atomic mass is 32.2. The summed E-state index contributed by atoms with van der Waals surface area (Å²) in [4.78, 5) is 10.7. The maximum Gasteiger partial charge on any atom is 0.328 e. The zero-order valence-corrected chi connectivity index (χ0v) is 14.4. The number of ether oxygens (including phenoxy) is 2. The molecule has 0 saturated carbocycles. The highest BCUT2D eigenvalue weighted by molar-refractivity contribution is 7.92. The Labute approximate surface area is 145 Å². The Morgan fingerprint density at radius 1 is 1.08 bits per heavy atom. The van der Waals surface area contributed by atoms with Crippen molar-refractivity contribution in [2.24, 2.45) is 0 Å². The predicted molar refractivity (Wildman–Crippen MR) is 93.5 cm³/mol. The molecule has 2 N–H and O–H groups in total. The van der Waals surface area contributed by atoms with Crippen LogP contribution in [0.5, 0.6) is 11.5 Å². The van der Waals surface area contributed by atoms with E-state index in [-0.39, 0.29) is 16.3 Å². The Bertz CT molecular complexity index is 905. The predicted octanol–water partition coefficient (Wildman–Crippen LogP) is 2.60. The van der Waals surface area contributed by atoms with Crippen LogP contribution in [0.15, 0.2) is 53.4 Å². The normalized spacial score (nSPS) is 11.3. The minimum absolute atomic E-state index is 0.0119. The van der Waals surface area contributed by atoms with Crippen molar-refractivity contribution in [3.8, 4) is 11.5 Å². The van der Waals surface area contributed by atoms with Gasteiger partial charge in [0.15, 0.2) is 11.5 Å². The lowest BCUT2D eigenvalue weighted by atomic mass is 10.2. The third kappa shape index (κ3) is 4.51. The van der Waals surface area contributed by atoms with Gasteiger partial charge in [-0.2, -0.15) is 0 Å². The number of nitrogens with one attached hydrogen (secondary N) is 1. The van der Waals surface area contributed by atoms with E-state index < -0.39 is 16.0 Å². The van der Waals surface area contributed by atoms with E-state index in [2.05, 4.69) is 4.72 Å². The number of aliphatic carboxylic acids is 1. The third-order valence-corrected chi connectivity index (χ3v) is 4.64. The first kappa shape index (κ1) is 18.3. The molecule has 0 unspecified atom stereocenters. The van der Waals surface area contributed by atoms with Crippen molar-refractivity contribution < 1.29 is 27.8 Å². The molecule has 8 heteroatoms. The fraction of sp³-hybridized carbons (Fsp3) is 0.118. The van der Waals surface area contributed by atoms with Crippen molar-refractivity contribution >= 4 is 27.8 Å². The van der Waals surface area contributed by atoms with E-state index in [1.807, 2.05) is 0 Å². The first-order valence-electron chi connectivity index (χ1n) is 7.12. The molecule has 2 aromatic carbocycles. The van der Waals surface area contributed by atoms with Gasteiger partial charge in [-0.05, 0) is 29.8 Å². The number of methoxy groups -OCH3 is 2. The van der Waals surface area contributed by atoms with E-state index in [0.29, 0.717) is 11.3 Å². The molecule has 25 heavy (non-hydrogen) atoms. The van der Waals surface area contributed by atoms with E-state index >= 15 is 0 Å². The van der Waals surface area contributed by atoms with Gasteiger partial charge in [-0.25, -0.2) is 13.2 Å². The molecule has 0 saturated heterocycles. The number of anilines is 1. The molecule has 0 radical (unpaired) electrons. The number of benzene rings is 2. The van der Waals surface area contributed by atoms with Crippen molar-refractivity contribution in [3.05, 3.63) is 54.1 Å². The molecule has 0 aromatic heterocycles. The molecule has 0 bridgehead atoms. The zero-order chi connectivity index (χ0) is 18.4. The van der Waals surface area contributed by atoms with Crippen molar-refractivity contribution in [2.45, 2.75) is 4.90 Å². The van der Waals surface area contributed by atoms with E-state index in [9.17, 15) is 13.2 Å². The van der Waals surface area contributed by atoms with Crippen LogP contribution in [0, 0.1) is 0 Å². The summed E-state index contributed by atoms with van der Waals surface area (Å²) in [5.74, 6) is -0.437. The quantitative estimate of drug-likeness (QED) is 0.733. The Morgan fingerprint density at radius 2 is 1.76 bits per heavy atom. The van der Waals surface area contributed by atoms with Gasteiger partial charge in [-0.3, -0.25) is 4.72 Å². The second kappa shape index (κ2) is 7.71. The molecule has 0 atom stereocenters. The summed E-state index contributed by atoms with van der Waals surface area (Å²) in [5.41, 5.74) is 0.684. The molecule has 0 aliphatic carbocycles. The lowest BCUT2D eigenvalue weighted by Gasteiger charge is -2.13. The van der Waals surface area contributed by atoms with Gasteiger partial charge in [-0.15, -0.1) is 0 Å². The standard InChI is InChI=1S/C17H17NO6S/c1-23-15-9-8-13(11-16(15)24-2)25(21,22)18-14-6-4-3-5-12(14)7-10-17(19)20/h3-11,18H,1-2H3,(H,19,20)/b10-7+. The number of hydrogen-bond donors (Lipinski definition) is 2. The van der Waals surface area contributed by atoms with Crippen molar-refractivity contribution in [1.82, 2.24) is 0 Å². The number of carboxylic acids is 1. The Morgan fingerprint density at radius 3 is 2.40 bits per heavy atom. The highest BCUT2D eigenvalue weighted by Gasteiger charge is 2.18. The molecule has 0 fully saturated rings. The summed E-state index contributed by atoms with van der Waals surface area (Å²) in [6, 6.07) is 10.7. The molecule has 7 nitrogen and oxygen atoms in total. The lowest BCUT2D eigenvalue weighted by Crippen LogP contribution is -2.14. The molecule has 0 amide bonds. The summed E-state index contributed by atoms with van der Waals surface area (Å²) in [7, 11) is -1.03. The van der Waals surface area contributed by atoms with Crippen LogP contribution in [0.3, 0.4) is 0 Å². The Kier molecular flexibility index (Phi) is 5.66. The third-order valence-electron chi connectivity index (χ3n) is 3.28. The van der Waals surface area contributed by atoms with Crippen LogP contribution in [0.4, 0.5) is 5.69 Å². The van der Waals surface area contributed by atoms with Gasteiger partial charge in [0.25, 0.3) is 10.0 Å². The SMILES string of the molecule is COc1ccc(S(=O)(=O)Nc2ccccc2/C=C/C(=O)O)cc1OC. The molecule has 0 heterocycles. The summed E-state index contributed by atoms with van der Waals surface area (Å²) >= 11 is 0. The molecule has 0 aliphatic rings. The van der Waals surface area contributed by atoms with Gasteiger partial charge in [0.05, 0.1) is 24.8 Å². The topological polar surface area (TPSA) is 102 Å². The minimum Gasteiger partial charge on any atom is -0.493 e. The molecular weight excluding hydrogens is 346 g/mol. The Hall–Kier alpha value is -3.00. The lowest BCUT2D eigenvalue weighted by molar-refractivity contribution is -0.131. The number of rotatable bonds is 7. The molecule has 0 aliphatic heterocycles. The van der Waals surface area contributed by atoms with Crippen LogP contribution in [0.25, 0.3) is 6.08 Å². The van der Waals surface area contributed by atoms with Gasteiger partial charge < -0.3 is 14.6 Å². The summed E-state index contributed by atoms with van der Waals surface area (Å²) < 4.78 is 37.9. The second-order valence-electron chi connectivity index (χ2n) is 4.88. The fourth-order valence-electron chi connectivity index (χ4n) is 2.08. The van der Waals surface area contributed by atoms with Gasteiger partial charge in [0.2, 0.25) is 0 Å². The zero-order valence-electron chi connectivity index (χ0n) is 13.6. The first-order valence-corrected chi connectivity index (χ1v) is 8.60. The maximum absolute atomic E-state index is 12.6. The van der Waals surface area contributed by atoms with Crippen LogP contribution in [0.1, 0.15) is 5.56 Å². The number of carboxylic acid groups (broad SMARTS) is 1. The average molecular weight is 363 g/mol. The van der Waals surface area contributed by atoms with E-state index in [1.54, 1.807) is 24.3 Å². The van der Waals surface area contributed by atoms with E-state index in [1.165, 1.54) is 38.5 Å². The monoisotopic (exact) mass is 363 g/mol. The van der Waals surface area contributed by atoms with E-state index in [0.717, 1.165) is 6.08 Å². The Balaban J connectivity index is 2.38. The number of carbonyl (C=O) groups is 1. The molecule has 0 spiro atoms. The van der Waals surface area contributed by atoms with Gasteiger partial charge >= 0.3 is 5.97 Å². The van der Waals surface area contributed by atoms with Gasteiger partial charge in [-0.1, -0.05) is 18.2 Å². The molecule has 2 rings (SSSR count). The number of hydrogen-bond acceptors (Lipinski definition) is 5. The van der Waals surface area contributed by atoms with Crippen molar-refractivity contribution in [3.63, 3.8) is 0 Å². The van der Waals surface area contributed by atoms with E-state index in [4.69, 9.17) is 14.6 Å². The minimum atomic E-state index is -3.90. The molecule has 132 valence electrons.